The van der Waals surface area contributed by atoms with E-state index in [2.05, 4.69) is 23.8 Å². The molecule has 270 valence electrons. The van der Waals surface area contributed by atoms with Gasteiger partial charge in [0.05, 0.1) is 12.2 Å². The lowest BCUT2D eigenvalue weighted by Crippen LogP contribution is -2.52. The lowest BCUT2D eigenvalue weighted by atomic mass is 9.73. The topological polar surface area (TPSA) is 198 Å². The van der Waals surface area contributed by atoms with Gasteiger partial charge in [-0.3, -0.25) is 19.2 Å². The molecule has 3 unspecified atom stereocenters. The van der Waals surface area contributed by atoms with E-state index in [1.54, 1.807) is 52.1 Å². The maximum absolute atomic E-state index is 13.0. The van der Waals surface area contributed by atoms with E-state index >= 15 is 0 Å². The molecule has 0 saturated heterocycles. The summed E-state index contributed by atoms with van der Waals surface area (Å²) < 4.78 is 11.2. The summed E-state index contributed by atoms with van der Waals surface area (Å²) in [5.41, 5.74) is 1.57. The van der Waals surface area contributed by atoms with Crippen molar-refractivity contribution in [2.24, 2.45) is 11.8 Å². The average Bonchev–Trinajstić information content (AvgIpc) is 3.35. The second kappa shape index (κ2) is 17.4. The normalized spacial score (nSPS) is 22.1. The molecule has 3 amide bonds. The zero-order valence-corrected chi connectivity index (χ0v) is 28.7. The number of nitrogens with zero attached hydrogens (tertiary/aromatic N) is 2. The van der Waals surface area contributed by atoms with Crippen molar-refractivity contribution in [1.29, 1.82) is 0 Å². The van der Waals surface area contributed by atoms with Crippen molar-refractivity contribution in [2.75, 3.05) is 38.6 Å². The Balaban J connectivity index is 1.65. The zero-order valence-electron chi connectivity index (χ0n) is 28.7. The minimum Gasteiger partial charge on any atom is -0.475 e. The third kappa shape index (κ3) is 11.7. The summed E-state index contributed by atoms with van der Waals surface area (Å²) in [7, 11) is 1.64. The molecule has 0 spiro atoms. The fourth-order valence-corrected chi connectivity index (χ4v) is 5.61. The molecule has 0 bridgehead atoms. The van der Waals surface area contributed by atoms with Crippen LogP contribution in [0.2, 0.25) is 0 Å². The Morgan fingerprint density at radius 3 is 2.37 bits per heavy atom. The van der Waals surface area contributed by atoms with E-state index in [-0.39, 0.29) is 76.2 Å². The van der Waals surface area contributed by atoms with Crippen molar-refractivity contribution in [2.45, 2.75) is 77.0 Å². The molecule has 49 heavy (non-hydrogen) atoms. The number of ether oxygens (including phenoxy) is 2. The Morgan fingerprint density at radius 2 is 1.73 bits per heavy atom. The number of rotatable bonds is 16. The van der Waals surface area contributed by atoms with Crippen LogP contribution in [0.15, 0.2) is 55.1 Å². The summed E-state index contributed by atoms with van der Waals surface area (Å²) in [6.07, 6.45) is -0.556. The number of aliphatic hydroxyl groups is 4. The Morgan fingerprint density at radius 1 is 1.04 bits per heavy atom. The highest BCUT2D eigenvalue weighted by molar-refractivity contribution is 5.93. The highest BCUT2D eigenvalue weighted by Crippen LogP contribution is 2.34. The Hall–Kier alpha value is -4.24. The molecule has 14 heteroatoms. The smallest absolute Gasteiger partial charge is 0.326 e. The van der Waals surface area contributed by atoms with Gasteiger partial charge in [0.15, 0.2) is 5.88 Å². The van der Waals surface area contributed by atoms with Crippen molar-refractivity contribution in [1.82, 2.24) is 15.1 Å². The minimum atomic E-state index is -1.44. The number of hydrogen-bond acceptors (Lipinski definition) is 11. The molecular formula is C35H50N4O10. The Kier molecular flexibility index (Phi) is 13.9. The van der Waals surface area contributed by atoms with Crippen molar-refractivity contribution in [3.8, 4) is 0 Å². The molecule has 6 N–H and O–H groups in total. The molecule has 0 radical (unpaired) electrons. The lowest BCUT2D eigenvalue weighted by molar-refractivity contribution is -0.156. The van der Waals surface area contributed by atoms with Gasteiger partial charge in [-0.1, -0.05) is 18.7 Å². The first-order chi connectivity index (χ1) is 23.0. The third-order valence-electron chi connectivity index (χ3n) is 8.32. The maximum atomic E-state index is 13.0. The number of likely N-dealkylation sites (N-methyl/N-ethyl adjacent to an activating group) is 1. The fourth-order valence-electron chi connectivity index (χ4n) is 5.61. The van der Waals surface area contributed by atoms with Gasteiger partial charge in [-0.2, -0.15) is 0 Å². The molecule has 1 aliphatic heterocycles. The van der Waals surface area contributed by atoms with Crippen molar-refractivity contribution >= 4 is 29.4 Å². The van der Waals surface area contributed by atoms with Crippen LogP contribution in [-0.4, -0.2) is 111 Å². The molecule has 1 heterocycles. The average molecular weight is 687 g/mol. The summed E-state index contributed by atoms with van der Waals surface area (Å²) in [4.78, 5) is 52.3. The molecule has 0 aromatic heterocycles. The van der Waals surface area contributed by atoms with Gasteiger partial charge in [-0.15, -0.1) is 0 Å². The number of aliphatic hydroxyl groups excluding tert-OH is 4. The highest BCUT2D eigenvalue weighted by Gasteiger charge is 2.42. The lowest BCUT2D eigenvalue weighted by Gasteiger charge is -2.40. The van der Waals surface area contributed by atoms with Crippen LogP contribution in [0.1, 0.15) is 51.2 Å². The predicted molar refractivity (Wildman–Crippen MR) is 180 cm³/mol. The van der Waals surface area contributed by atoms with Crippen LogP contribution in [0.3, 0.4) is 0 Å². The number of hydrogen-bond donors (Lipinski definition) is 6. The highest BCUT2D eigenvalue weighted by atomic mass is 16.6. The number of anilines is 1. The van der Waals surface area contributed by atoms with E-state index in [0.29, 0.717) is 22.5 Å². The maximum Gasteiger partial charge on any atom is 0.326 e. The van der Waals surface area contributed by atoms with Crippen LogP contribution in [0.25, 0.3) is 0 Å². The van der Waals surface area contributed by atoms with Crippen LogP contribution in [0.5, 0.6) is 0 Å². The van der Waals surface area contributed by atoms with Crippen LogP contribution in [0, 0.1) is 11.8 Å². The number of carbonyl (C=O) groups is 4. The van der Waals surface area contributed by atoms with E-state index in [0.717, 1.165) is 0 Å². The van der Waals surface area contributed by atoms with Gasteiger partial charge in [-0.25, -0.2) is 0 Å². The van der Waals surface area contributed by atoms with Crippen molar-refractivity contribution in [3.05, 3.63) is 66.2 Å². The summed E-state index contributed by atoms with van der Waals surface area (Å²) in [6, 6.07) is 5.22. The van der Waals surface area contributed by atoms with E-state index in [4.69, 9.17) is 9.47 Å². The van der Waals surface area contributed by atoms with Gasteiger partial charge in [0.2, 0.25) is 11.8 Å². The molecule has 1 aliphatic carbocycles. The molecular weight excluding hydrogens is 636 g/mol. The standard InChI is InChI=1S/C35H50N4O10/c1-21-7-10-30(43)39(21)14-12-28(41)36-13-11-29(42)37-27-15-23(20-48-22(2)38(6)18-31(44)49-35(3,4)5)8-9-24(27)16-25-17-26(19-40)33(46)34(47)32(25)45/h7-10,15,25-26,32-34,40,45-47H,1-2,11-14,16-20H2,3-6H3,(H,36,41)(H,37,42)/t25-,26?,32?,33+,34?/m0/s1. The van der Waals surface area contributed by atoms with Crippen molar-refractivity contribution < 1.29 is 49.1 Å². The summed E-state index contributed by atoms with van der Waals surface area (Å²) in [6.45, 7) is 12.8. The van der Waals surface area contributed by atoms with Crippen LogP contribution in [0.4, 0.5) is 5.69 Å². The first-order valence-electron chi connectivity index (χ1n) is 16.3. The monoisotopic (exact) mass is 686 g/mol. The Labute approximate surface area is 287 Å². The number of nitrogens with one attached hydrogen (secondary N) is 2. The number of esters is 1. The summed E-state index contributed by atoms with van der Waals surface area (Å²) in [5.74, 6) is -2.35. The van der Waals surface area contributed by atoms with Crippen LogP contribution < -0.4 is 10.6 Å². The van der Waals surface area contributed by atoms with E-state index in [9.17, 15) is 39.6 Å². The molecule has 2 aliphatic rings. The quantitative estimate of drug-likeness (QED) is 0.107. The van der Waals surface area contributed by atoms with Gasteiger partial charge in [0.25, 0.3) is 5.91 Å². The van der Waals surface area contributed by atoms with Crippen molar-refractivity contribution in [3.63, 3.8) is 0 Å². The SMILES string of the molecule is C=C(OCc1ccc(C[C@H]2CC(CO)[C@@H](O)C(O)C2O)c(NC(=O)CCNC(=O)CCN2C(=C)C=CC2=O)c1)N(C)CC(=O)OC(C)(C)C. The van der Waals surface area contributed by atoms with E-state index in [1.807, 2.05) is 0 Å². The number of amides is 3. The van der Waals surface area contributed by atoms with Gasteiger partial charge >= 0.3 is 5.97 Å². The number of allylic oxidation sites excluding steroid dienone is 1. The second-order valence-corrected chi connectivity index (χ2v) is 13.4. The van der Waals surface area contributed by atoms with E-state index in [1.165, 1.54) is 15.9 Å². The minimum absolute atomic E-state index is 0.0393. The summed E-state index contributed by atoms with van der Waals surface area (Å²) >= 11 is 0. The zero-order chi connectivity index (χ0) is 36.5. The predicted octanol–water partition coefficient (Wildman–Crippen LogP) is 0.949. The molecule has 14 nitrogen and oxygen atoms in total. The molecule has 5 atom stereocenters. The summed E-state index contributed by atoms with van der Waals surface area (Å²) in [5, 5.41) is 46.6. The van der Waals surface area contributed by atoms with E-state index < -0.39 is 47.6 Å². The first kappa shape index (κ1) is 39.2. The van der Waals surface area contributed by atoms with Crippen LogP contribution in [-0.2, 0) is 41.7 Å². The third-order valence-corrected chi connectivity index (χ3v) is 8.32. The van der Waals surface area contributed by atoms with Gasteiger partial charge in [0.1, 0.15) is 24.9 Å². The molecule has 1 aromatic carbocycles. The first-order valence-corrected chi connectivity index (χ1v) is 16.3. The second-order valence-electron chi connectivity index (χ2n) is 13.4. The largest absolute Gasteiger partial charge is 0.475 e. The number of carbonyl (C=O) groups excluding carboxylic acids is 4. The Bertz CT molecular complexity index is 1400. The fraction of sp³-hybridized carbons (Fsp3) is 0.543. The number of benzene rings is 1. The molecule has 1 fully saturated rings. The molecule has 1 saturated carbocycles. The van der Waals surface area contributed by atoms with Gasteiger partial charge in [0, 0.05) is 63.0 Å². The molecule has 3 rings (SSSR count). The molecule has 1 aromatic rings. The van der Waals surface area contributed by atoms with Gasteiger partial charge < -0.3 is 50.3 Å². The van der Waals surface area contributed by atoms with Gasteiger partial charge in [-0.05, 0) is 69.4 Å². The van der Waals surface area contributed by atoms with Crippen LogP contribution >= 0.6 is 0 Å².